The van der Waals surface area contributed by atoms with E-state index >= 15 is 0 Å². The Bertz CT molecular complexity index is 603. The van der Waals surface area contributed by atoms with E-state index in [9.17, 15) is 9.90 Å². The minimum atomic E-state index is -0.845. The Kier molecular flexibility index (Phi) is 4.12. The van der Waals surface area contributed by atoms with Gasteiger partial charge in [0.25, 0.3) is 0 Å². The van der Waals surface area contributed by atoms with Crippen molar-refractivity contribution in [2.45, 2.75) is 40.2 Å². The molecule has 0 aliphatic heterocycles. The van der Waals surface area contributed by atoms with Crippen molar-refractivity contribution in [1.29, 1.82) is 0 Å². The topological polar surface area (TPSA) is 93.8 Å². The van der Waals surface area contributed by atoms with E-state index in [1.54, 1.807) is 10.2 Å². The van der Waals surface area contributed by atoms with Gasteiger partial charge in [-0.1, -0.05) is 13.8 Å². The average molecular weight is 295 g/mol. The molecule has 0 fully saturated rings. The van der Waals surface area contributed by atoms with E-state index in [0.717, 1.165) is 10.6 Å². The monoisotopic (exact) mass is 295 g/mol. The first-order valence-electron chi connectivity index (χ1n) is 6.44. The molecule has 0 aliphatic carbocycles. The van der Waals surface area contributed by atoms with Gasteiger partial charge < -0.3 is 5.11 Å². The Labute approximate surface area is 120 Å². The summed E-state index contributed by atoms with van der Waals surface area (Å²) in [6.45, 7) is 5.89. The Balaban J connectivity index is 2.38. The third-order valence-electron chi connectivity index (χ3n) is 3.74. The van der Waals surface area contributed by atoms with Crippen LogP contribution in [0.15, 0.2) is 5.51 Å². The maximum atomic E-state index is 11.6. The summed E-state index contributed by atoms with van der Waals surface area (Å²) < 4.78 is 1.57. The average Bonchev–Trinajstić information content (AvgIpc) is 3.04. The second-order valence-electron chi connectivity index (χ2n) is 4.72. The molecule has 0 unspecified atom stereocenters. The first-order chi connectivity index (χ1) is 9.54. The van der Waals surface area contributed by atoms with Crippen molar-refractivity contribution in [1.82, 2.24) is 25.2 Å². The molecular formula is C12H17N5O2S. The van der Waals surface area contributed by atoms with Crippen LogP contribution in [0.4, 0.5) is 0 Å². The van der Waals surface area contributed by atoms with Crippen molar-refractivity contribution in [3.05, 3.63) is 11.2 Å². The second-order valence-corrected chi connectivity index (χ2v) is 5.57. The number of hydrogen-bond donors (Lipinski definition) is 1. The number of aryl methyl sites for hydroxylation is 1. The molecule has 0 aliphatic rings. The van der Waals surface area contributed by atoms with Crippen LogP contribution in [-0.2, 0) is 11.3 Å². The largest absolute Gasteiger partial charge is 0.481 e. The van der Waals surface area contributed by atoms with E-state index in [2.05, 4.69) is 20.5 Å². The molecule has 0 bridgehead atoms. The minimum absolute atomic E-state index is 0.259. The first-order valence-corrected chi connectivity index (χ1v) is 7.32. The zero-order valence-corrected chi connectivity index (χ0v) is 12.5. The molecule has 108 valence electrons. The molecule has 2 heterocycles. The van der Waals surface area contributed by atoms with E-state index in [0.29, 0.717) is 18.7 Å². The molecular weight excluding hydrogens is 278 g/mol. The van der Waals surface area contributed by atoms with Crippen molar-refractivity contribution in [3.63, 3.8) is 0 Å². The molecule has 2 rings (SSSR count). The summed E-state index contributed by atoms with van der Waals surface area (Å²) in [5.41, 5.74) is 1.73. The third kappa shape index (κ3) is 2.43. The number of carboxylic acids is 1. The number of carbonyl (C=O) groups is 1. The SMILES string of the molecule is CCC(CC)(Cn1nnnc1-c1scnc1C)C(=O)O. The normalized spacial score (nSPS) is 11.8. The molecule has 0 spiro atoms. The number of aliphatic carboxylic acids is 1. The first kappa shape index (κ1) is 14.6. The number of nitrogens with zero attached hydrogens (tertiary/aromatic N) is 5. The molecule has 20 heavy (non-hydrogen) atoms. The van der Waals surface area contributed by atoms with Gasteiger partial charge >= 0.3 is 5.97 Å². The highest BCUT2D eigenvalue weighted by atomic mass is 32.1. The van der Waals surface area contributed by atoms with Gasteiger partial charge in [0, 0.05) is 0 Å². The van der Waals surface area contributed by atoms with Gasteiger partial charge in [-0.3, -0.25) is 4.79 Å². The van der Waals surface area contributed by atoms with Gasteiger partial charge in [-0.15, -0.1) is 16.4 Å². The van der Waals surface area contributed by atoms with Gasteiger partial charge in [0.05, 0.1) is 28.0 Å². The maximum Gasteiger partial charge on any atom is 0.311 e. The summed E-state index contributed by atoms with van der Waals surface area (Å²) in [4.78, 5) is 16.6. The predicted molar refractivity (Wildman–Crippen MR) is 74.3 cm³/mol. The molecule has 2 aromatic heterocycles. The van der Waals surface area contributed by atoms with Gasteiger partial charge in [-0.25, -0.2) is 9.67 Å². The minimum Gasteiger partial charge on any atom is -0.481 e. The van der Waals surface area contributed by atoms with Crippen LogP contribution >= 0.6 is 11.3 Å². The van der Waals surface area contributed by atoms with E-state index in [1.165, 1.54) is 11.3 Å². The number of tetrazole rings is 1. The highest BCUT2D eigenvalue weighted by molar-refractivity contribution is 7.13. The lowest BCUT2D eigenvalue weighted by atomic mass is 9.82. The van der Waals surface area contributed by atoms with Crippen molar-refractivity contribution in [2.75, 3.05) is 0 Å². The van der Waals surface area contributed by atoms with Crippen LogP contribution in [0.5, 0.6) is 0 Å². The summed E-state index contributed by atoms with van der Waals surface area (Å²) in [5.74, 6) is -0.234. The molecule has 0 saturated heterocycles. The predicted octanol–water partition coefficient (Wildman–Crippen LogP) is 2.00. The number of aromatic nitrogens is 5. The highest BCUT2D eigenvalue weighted by Gasteiger charge is 2.36. The van der Waals surface area contributed by atoms with Gasteiger partial charge in [0.15, 0.2) is 5.82 Å². The maximum absolute atomic E-state index is 11.6. The zero-order valence-electron chi connectivity index (χ0n) is 11.7. The molecule has 0 radical (unpaired) electrons. The Morgan fingerprint density at radius 1 is 1.45 bits per heavy atom. The van der Waals surface area contributed by atoms with E-state index in [-0.39, 0.29) is 6.54 Å². The van der Waals surface area contributed by atoms with E-state index < -0.39 is 11.4 Å². The van der Waals surface area contributed by atoms with Crippen LogP contribution in [0.1, 0.15) is 32.4 Å². The fourth-order valence-corrected chi connectivity index (χ4v) is 2.91. The molecule has 8 heteroatoms. The summed E-state index contributed by atoms with van der Waals surface area (Å²) >= 11 is 1.45. The van der Waals surface area contributed by atoms with Crippen LogP contribution in [-0.4, -0.2) is 36.3 Å². The van der Waals surface area contributed by atoms with Crippen molar-refractivity contribution in [3.8, 4) is 10.7 Å². The zero-order chi connectivity index (χ0) is 14.8. The quantitative estimate of drug-likeness (QED) is 0.876. The standard InChI is InChI=1S/C12H17N5O2S/c1-4-12(5-2,11(18)19)6-17-10(14-15-16-17)9-8(3)13-7-20-9/h7H,4-6H2,1-3H3,(H,18,19). The molecule has 2 aromatic rings. The van der Waals surface area contributed by atoms with Gasteiger partial charge in [0.2, 0.25) is 0 Å². The van der Waals surface area contributed by atoms with E-state index in [1.807, 2.05) is 20.8 Å². The fourth-order valence-electron chi connectivity index (χ4n) is 2.12. The van der Waals surface area contributed by atoms with Crippen LogP contribution in [0.25, 0.3) is 10.7 Å². The Morgan fingerprint density at radius 3 is 2.65 bits per heavy atom. The van der Waals surface area contributed by atoms with Crippen molar-refractivity contribution in [2.24, 2.45) is 5.41 Å². The third-order valence-corrected chi connectivity index (χ3v) is 4.66. The smallest absolute Gasteiger partial charge is 0.311 e. The molecule has 1 N–H and O–H groups in total. The fraction of sp³-hybridized carbons (Fsp3) is 0.583. The van der Waals surface area contributed by atoms with Gasteiger partial charge in [0.1, 0.15) is 0 Å². The molecule has 0 aromatic carbocycles. The molecule has 0 amide bonds. The Hall–Kier alpha value is -1.83. The molecule has 0 atom stereocenters. The summed E-state index contributed by atoms with van der Waals surface area (Å²) in [7, 11) is 0. The van der Waals surface area contributed by atoms with Gasteiger partial charge in [-0.2, -0.15) is 0 Å². The number of thiazole rings is 1. The lowest BCUT2D eigenvalue weighted by Gasteiger charge is -2.26. The van der Waals surface area contributed by atoms with Crippen molar-refractivity contribution < 1.29 is 9.90 Å². The summed E-state index contributed by atoms with van der Waals surface area (Å²) in [6, 6.07) is 0. The Morgan fingerprint density at radius 2 is 2.15 bits per heavy atom. The number of carboxylic acid groups (broad SMARTS) is 1. The highest BCUT2D eigenvalue weighted by Crippen LogP contribution is 2.31. The lowest BCUT2D eigenvalue weighted by Crippen LogP contribution is -2.35. The van der Waals surface area contributed by atoms with Crippen LogP contribution < -0.4 is 0 Å². The summed E-state index contributed by atoms with van der Waals surface area (Å²) in [5, 5.41) is 21.1. The lowest BCUT2D eigenvalue weighted by molar-refractivity contribution is -0.150. The summed E-state index contributed by atoms with van der Waals surface area (Å²) in [6.07, 6.45) is 1.06. The van der Waals surface area contributed by atoms with Crippen molar-refractivity contribution >= 4 is 17.3 Å². The number of hydrogen-bond acceptors (Lipinski definition) is 6. The molecule has 0 saturated carbocycles. The molecule has 7 nitrogen and oxygen atoms in total. The van der Waals surface area contributed by atoms with Crippen LogP contribution in [0, 0.1) is 12.3 Å². The number of rotatable bonds is 6. The van der Waals surface area contributed by atoms with Crippen LogP contribution in [0.2, 0.25) is 0 Å². The second kappa shape index (κ2) is 5.66. The van der Waals surface area contributed by atoms with Gasteiger partial charge in [-0.05, 0) is 30.2 Å². The van der Waals surface area contributed by atoms with Crippen LogP contribution in [0.3, 0.4) is 0 Å². The van der Waals surface area contributed by atoms with E-state index in [4.69, 9.17) is 0 Å².